The molecule has 15 heavy (non-hydrogen) atoms. The predicted molar refractivity (Wildman–Crippen MR) is 62.2 cm³/mol. The Morgan fingerprint density at radius 1 is 1.53 bits per heavy atom. The number of hydrogen-bond donors (Lipinski definition) is 1. The number of hydrogen-bond acceptors (Lipinski definition) is 4. The summed E-state index contributed by atoms with van der Waals surface area (Å²) in [4.78, 5) is 10.1. The van der Waals surface area contributed by atoms with Gasteiger partial charge in [0.25, 0.3) is 0 Å². The normalized spacial score (nSPS) is 15.4. The standard InChI is InChI=1S/C9H11BrClN3O/c10-7-8(11)12-5-13-9(7)14(3-4-15)6-1-2-6/h5-6,15H,1-4H2. The van der Waals surface area contributed by atoms with Crippen molar-refractivity contribution in [3.8, 4) is 0 Å². The quantitative estimate of drug-likeness (QED) is 0.861. The summed E-state index contributed by atoms with van der Waals surface area (Å²) in [6.45, 7) is 0.696. The SMILES string of the molecule is OCCN(c1ncnc(Cl)c1Br)C1CC1. The van der Waals surface area contributed by atoms with Crippen molar-refractivity contribution in [3.63, 3.8) is 0 Å². The topological polar surface area (TPSA) is 49.2 Å². The lowest BCUT2D eigenvalue weighted by Gasteiger charge is -2.23. The molecule has 4 nitrogen and oxygen atoms in total. The van der Waals surface area contributed by atoms with Crippen LogP contribution in [0.15, 0.2) is 10.8 Å². The highest BCUT2D eigenvalue weighted by Gasteiger charge is 2.31. The Hall–Kier alpha value is -0.390. The van der Waals surface area contributed by atoms with E-state index in [-0.39, 0.29) is 6.61 Å². The number of anilines is 1. The van der Waals surface area contributed by atoms with E-state index in [0.29, 0.717) is 22.2 Å². The lowest BCUT2D eigenvalue weighted by atomic mass is 10.4. The number of aliphatic hydroxyl groups excluding tert-OH is 1. The summed E-state index contributed by atoms with van der Waals surface area (Å²) in [5.74, 6) is 0.770. The highest BCUT2D eigenvalue weighted by atomic mass is 79.9. The molecule has 1 fully saturated rings. The second-order valence-electron chi connectivity index (χ2n) is 3.45. The molecule has 0 atom stereocenters. The van der Waals surface area contributed by atoms with Gasteiger partial charge < -0.3 is 10.0 Å². The molecule has 1 aromatic heterocycles. The van der Waals surface area contributed by atoms with E-state index in [1.165, 1.54) is 6.33 Å². The molecule has 1 N–H and O–H groups in total. The highest BCUT2D eigenvalue weighted by molar-refractivity contribution is 9.10. The number of aliphatic hydroxyl groups is 1. The molecule has 2 rings (SSSR count). The second-order valence-corrected chi connectivity index (χ2v) is 4.60. The van der Waals surface area contributed by atoms with Crippen molar-refractivity contribution in [1.29, 1.82) is 0 Å². The molecular weight excluding hydrogens is 281 g/mol. The third-order valence-electron chi connectivity index (χ3n) is 2.33. The maximum atomic E-state index is 9.00. The van der Waals surface area contributed by atoms with Crippen LogP contribution < -0.4 is 4.90 Å². The average molecular weight is 293 g/mol. The van der Waals surface area contributed by atoms with E-state index in [2.05, 4.69) is 30.8 Å². The predicted octanol–water partition coefficient (Wildman–Crippen LogP) is 1.85. The van der Waals surface area contributed by atoms with E-state index in [9.17, 15) is 0 Å². The van der Waals surface area contributed by atoms with Crippen molar-refractivity contribution in [2.45, 2.75) is 18.9 Å². The lowest BCUT2D eigenvalue weighted by molar-refractivity contribution is 0.301. The van der Waals surface area contributed by atoms with Crippen molar-refractivity contribution in [2.75, 3.05) is 18.1 Å². The summed E-state index contributed by atoms with van der Waals surface area (Å²) in [6.07, 6.45) is 3.73. The van der Waals surface area contributed by atoms with Crippen LogP contribution in [0.5, 0.6) is 0 Å². The molecule has 0 aliphatic heterocycles. The molecular formula is C9H11BrClN3O. The van der Waals surface area contributed by atoms with E-state index in [1.54, 1.807) is 0 Å². The molecule has 82 valence electrons. The van der Waals surface area contributed by atoms with Gasteiger partial charge in [-0.3, -0.25) is 0 Å². The van der Waals surface area contributed by atoms with Gasteiger partial charge >= 0.3 is 0 Å². The Balaban J connectivity index is 2.28. The van der Waals surface area contributed by atoms with Crippen molar-refractivity contribution in [3.05, 3.63) is 16.0 Å². The molecule has 1 heterocycles. The van der Waals surface area contributed by atoms with Crippen LogP contribution in [0.1, 0.15) is 12.8 Å². The minimum Gasteiger partial charge on any atom is -0.395 e. The second kappa shape index (κ2) is 4.63. The highest BCUT2D eigenvalue weighted by Crippen LogP contribution is 2.36. The zero-order chi connectivity index (χ0) is 10.8. The molecule has 1 aliphatic rings. The van der Waals surface area contributed by atoms with Gasteiger partial charge in [0.05, 0.1) is 11.1 Å². The van der Waals surface area contributed by atoms with Crippen LogP contribution in [0, 0.1) is 0 Å². The minimum absolute atomic E-state index is 0.116. The van der Waals surface area contributed by atoms with Gasteiger partial charge in [0.1, 0.15) is 17.3 Å². The van der Waals surface area contributed by atoms with Crippen LogP contribution in [0.25, 0.3) is 0 Å². The van der Waals surface area contributed by atoms with Gasteiger partial charge in [-0.1, -0.05) is 11.6 Å². The Bertz CT molecular complexity index is 359. The van der Waals surface area contributed by atoms with Gasteiger partial charge in [0, 0.05) is 12.6 Å². The third kappa shape index (κ3) is 2.41. The summed E-state index contributed by atoms with van der Waals surface area (Å²) in [6, 6.07) is 0.486. The van der Waals surface area contributed by atoms with Crippen LogP contribution >= 0.6 is 27.5 Å². The fourth-order valence-electron chi connectivity index (χ4n) is 1.50. The van der Waals surface area contributed by atoms with Gasteiger partial charge in [-0.05, 0) is 28.8 Å². The molecule has 0 bridgehead atoms. The van der Waals surface area contributed by atoms with E-state index >= 15 is 0 Å². The van der Waals surface area contributed by atoms with Crippen LogP contribution in [-0.4, -0.2) is 34.3 Å². The number of rotatable bonds is 4. The molecule has 0 amide bonds. The van der Waals surface area contributed by atoms with Crippen molar-refractivity contribution >= 4 is 33.3 Å². The van der Waals surface area contributed by atoms with Gasteiger partial charge in [-0.25, -0.2) is 9.97 Å². The summed E-state index contributed by atoms with van der Waals surface area (Å²) in [5.41, 5.74) is 0. The first-order valence-corrected chi connectivity index (χ1v) is 5.94. The van der Waals surface area contributed by atoms with Crippen LogP contribution in [0.4, 0.5) is 5.82 Å². The molecule has 0 radical (unpaired) electrons. The molecule has 0 spiro atoms. The Kier molecular flexibility index (Phi) is 3.43. The van der Waals surface area contributed by atoms with Crippen molar-refractivity contribution in [2.24, 2.45) is 0 Å². The van der Waals surface area contributed by atoms with E-state index in [1.807, 2.05) is 0 Å². The van der Waals surface area contributed by atoms with Crippen LogP contribution in [-0.2, 0) is 0 Å². The minimum atomic E-state index is 0.116. The first-order valence-electron chi connectivity index (χ1n) is 4.77. The Morgan fingerprint density at radius 2 is 2.27 bits per heavy atom. The summed E-state index contributed by atoms with van der Waals surface area (Å²) in [5, 5.41) is 9.41. The Labute approximate surface area is 101 Å². The number of nitrogens with zero attached hydrogens (tertiary/aromatic N) is 3. The molecule has 6 heteroatoms. The van der Waals surface area contributed by atoms with E-state index in [4.69, 9.17) is 16.7 Å². The Morgan fingerprint density at radius 3 is 2.87 bits per heavy atom. The average Bonchev–Trinajstić information content (AvgIpc) is 3.03. The molecule has 1 aromatic rings. The smallest absolute Gasteiger partial charge is 0.148 e. The third-order valence-corrected chi connectivity index (χ3v) is 3.57. The summed E-state index contributed by atoms with van der Waals surface area (Å²) >= 11 is 9.26. The van der Waals surface area contributed by atoms with Gasteiger partial charge in [0.2, 0.25) is 0 Å². The van der Waals surface area contributed by atoms with E-state index < -0.39 is 0 Å². The molecule has 0 saturated heterocycles. The van der Waals surface area contributed by atoms with E-state index in [0.717, 1.165) is 18.7 Å². The van der Waals surface area contributed by atoms with Gasteiger partial charge in [0.15, 0.2) is 0 Å². The fraction of sp³-hybridized carbons (Fsp3) is 0.556. The molecule has 1 aliphatic carbocycles. The molecule has 0 aromatic carbocycles. The van der Waals surface area contributed by atoms with Crippen molar-refractivity contribution in [1.82, 2.24) is 9.97 Å². The molecule has 0 unspecified atom stereocenters. The zero-order valence-corrected chi connectivity index (χ0v) is 10.4. The molecule has 1 saturated carbocycles. The summed E-state index contributed by atoms with van der Waals surface area (Å²) < 4.78 is 0.701. The zero-order valence-electron chi connectivity index (χ0n) is 8.03. The lowest BCUT2D eigenvalue weighted by Crippen LogP contribution is -2.30. The van der Waals surface area contributed by atoms with Crippen LogP contribution in [0.2, 0.25) is 5.15 Å². The van der Waals surface area contributed by atoms with Crippen molar-refractivity contribution < 1.29 is 5.11 Å². The first-order chi connectivity index (χ1) is 7.24. The fourth-order valence-corrected chi connectivity index (χ4v) is 2.06. The maximum Gasteiger partial charge on any atom is 0.148 e. The first kappa shape index (κ1) is 11.1. The number of aromatic nitrogens is 2. The monoisotopic (exact) mass is 291 g/mol. The maximum absolute atomic E-state index is 9.00. The largest absolute Gasteiger partial charge is 0.395 e. The van der Waals surface area contributed by atoms with Gasteiger partial charge in [-0.15, -0.1) is 0 Å². The summed E-state index contributed by atoms with van der Waals surface area (Å²) in [7, 11) is 0. The number of halogens is 2. The van der Waals surface area contributed by atoms with Gasteiger partial charge in [-0.2, -0.15) is 0 Å². The van der Waals surface area contributed by atoms with Crippen LogP contribution in [0.3, 0.4) is 0 Å².